The van der Waals surface area contributed by atoms with E-state index >= 15 is 0 Å². The molecule has 6 heteroatoms. The minimum atomic E-state index is -0.597. The minimum absolute atomic E-state index is 0. The third kappa shape index (κ3) is 5.83. The van der Waals surface area contributed by atoms with Gasteiger partial charge in [0.15, 0.2) is 5.43 Å². The van der Waals surface area contributed by atoms with E-state index in [1.807, 2.05) is 30.3 Å². The molecule has 0 saturated carbocycles. The Morgan fingerprint density at radius 3 is 2.68 bits per heavy atom. The fourth-order valence-electron chi connectivity index (χ4n) is 2.79. The van der Waals surface area contributed by atoms with E-state index in [1.54, 1.807) is 18.2 Å². The van der Waals surface area contributed by atoms with Gasteiger partial charge in [-0.2, -0.15) is 0 Å². The highest BCUT2D eigenvalue weighted by atomic mass is 35.5. The maximum atomic E-state index is 12.4. The second-order valence-corrected chi connectivity index (χ2v) is 6.52. The molecular weight excluding hydrogens is 378 g/mol. The molecule has 0 aliphatic rings. The normalized spacial score (nSPS) is 11.8. The SMILES string of the molecule is CCCCNCC(O)COc1ccc2c(=O)cc(-c3ccccc3)oc2c1.Cl. The maximum absolute atomic E-state index is 12.4. The number of nitrogens with one attached hydrogen (secondary N) is 1. The predicted octanol–water partition coefficient (Wildman–Crippen LogP) is 4.01. The number of benzene rings is 2. The molecule has 0 amide bonds. The summed E-state index contributed by atoms with van der Waals surface area (Å²) in [5.41, 5.74) is 1.22. The summed E-state index contributed by atoms with van der Waals surface area (Å²) in [7, 11) is 0. The van der Waals surface area contributed by atoms with Crippen LogP contribution in [0.3, 0.4) is 0 Å². The van der Waals surface area contributed by atoms with E-state index in [2.05, 4.69) is 12.2 Å². The number of hydrogen-bond donors (Lipinski definition) is 2. The highest BCUT2D eigenvalue weighted by Gasteiger charge is 2.09. The first kappa shape index (κ1) is 22.0. The predicted molar refractivity (Wildman–Crippen MR) is 114 cm³/mol. The molecule has 1 aromatic heterocycles. The van der Waals surface area contributed by atoms with Gasteiger partial charge in [-0.1, -0.05) is 43.7 Å². The van der Waals surface area contributed by atoms with Gasteiger partial charge in [0.25, 0.3) is 0 Å². The largest absolute Gasteiger partial charge is 0.491 e. The Bertz CT molecular complexity index is 927. The highest BCUT2D eigenvalue weighted by Crippen LogP contribution is 2.24. The molecule has 0 aliphatic carbocycles. The van der Waals surface area contributed by atoms with Gasteiger partial charge in [-0.05, 0) is 25.1 Å². The lowest BCUT2D eigenvalue weighted by molar-refractivity contribution is 0.106. The summed E-state index contributed by atoms with van der Waals surface area (Å²) in [4.78, 5) is 12.4. The zero-order valence-corrected chi connectivity index (χ0v) is 16.7. The smallest absolute Gasteiger partial charge is 0.193 e. The van der Waals surface area contributed by atoms with Crippen LogP contribution in [0.5, 0.6) is 5.75 Å². The molecule has 0 fully saturated rings. The number of rotatable bonds is 9. The molecule has 0 radical (unpaired) electrons. The second kappa shape index (κ2) is 10.9. The van der Waals surface area contributed by atoms with E-state index in [4.69, 9.17) is 9.15 Å². The van der Waals surface area contributed by atoms with E-state index in [9.17, 15) is 9.90 Å². The van der Waals surface area contributed by atoms with Crippen molar-refractivity contribution >= 4 is 23.4 Å². The van der Waals surface area contributed by atoms with Crippen LogP contribution < -0.4 is 15.5 Å². The van der Waals surface area contributed by atoms with Crippen molar-refractivity contribution in [2.75, 3.05) is 19.7 Å². The van der Waals surface area contributed by atoms with Crippen LogP contribution in [0.15, 0.2) is 63.8 Å². The van der Waals surface area contributed by atoms with Crippen molar-refractivity contribution in [1.82, 2.24) is 5.32 Å². The highest BCUT2D eigenvalue weighted by molar-refractivity contribution is 5.85. The van der Waals surface area contributed by atoms with Gasteiger partial charge < -0.3 is 19.6 Å². The summed E-state index contributed by atoms with van der Waals surface area (Å²) < 4.78 is 11.6. The van der Waals surface area contributed by atoms with Gasteiger partial charge in [0.05, 0.1) is 5.39 Å². The van der Waals surface area contributed by atoms with E-state index in [0.29, 0.717) is 29.0 Å². The van der Waals surface area contributed by atoms with Crippen LogP contribution in [-0.2, 0) is 0 Å². The second-order valence-electron chi connectivity index (χ2n) is 6.52. The molecule has 2 N–H and O–H groups in total. The van der Waals surface area contributed by atoms with Crippen molar-refractivity contribution < 1.29 is 14.3 Å². The van der Waals surface area contributed by atoms with Crippen LogP contribution >= 0.6 is 12.4 Å². The molecule has 2 aromatic carbocycles. The number of aliphatic hydroxyl groups is 1. The molecule has 1 unspecified atom stereocenters. The third-order valence-corrected chi connectivity index (χ3v) is 4.29. The Morgan fingerprint density at radius 1 is 1.14 bits per heavy atom. The summed E-state index contributed by atoms with van der Waals surface area (Å²) in [5, 5.41) is 13.7. The maximum Gasteiger partial charge on any atom is 0.193 e. The first-order valence-electron chi connectivity index (χ1n) is 9.32. The quantitative estimate of drug-likeness (QED) is 0.528. The van der Waals surface area contributed by atoms with Crippen molar-refractivity contribution in [3.05, 3.63) is 64.8 Å². The monoisotopic (exact) mass is 403 g/mol. The zero-order chi connectivity index (χ0) is 19.1. The van der Waals surface area contributed by atoms with E-state index < -0.39 is 6.10 Å². The Morgan fingerprint density at radius 2 is 1.93 bits per heavy atom. The number of hydrogen-bond acceptors (Lipinski definition) is 5. The van der Waals surface area contributed by atoms with Gasteiger partial charge in [0.1, 0.15) is 29.8 Å². The molecule has 0 bridgehead atoms. The molecule has 3 aromatic rings. The van der Waals surface area contributed by atoms with E-state index in [0.717, 1.165) is 24.9 Å². The molecule has 0 aliphatic heterocycles. The lowest BCUT2D eigenvalue weighted by atomic mass is 10.1. The zero-order valence-electron chi connectivity index (χ0n) is 15.9. The molecule has 1 atom stereocenters. The van der Waals surface area contributed by atoms with Gasteiger partial charge in [-0.15, -0.1) is 12.4 Å². The fourth-order valence-corrected chi connectivity index (χ4v) is 2.79. The van der Waals surface area contributed by atoms with Gasteiger partial charge in [-0.25, -0.2) is 0 Å². The van der Waals surface area contributed by atoms with E-state index in [-0.39, 0.29) is 24.4 Å². The third-order valence-electron chi connectivity index (χ3n) is 4.29. The average Bonchev–Trinajstić information content (AvgIpc) is 2.70. The first-order chi connectivity index (χ1) is 13.2. The van der Waals surface area contributed by atoms with Gasteiger partial charge in [-0.3, -0.25) is 4.79 Å². The molecule has 0 saturated heterocycles. The lowest BCUT2D eigenvalue weighted by Gasteiger charge is -2.13. The molecule has 150 valence electrons. The summed E-state index contributed by atoms with van der Waals surface area (Å²) in [6, 6.07) is 16.1. The molecule has 3 rings (SSSR count). The van der Waals surface area contributed by atoms with Crippen molar-refractivity contribution in [3.63, 3.8) is 0 Å². The Balaban J connectivity index is 0.00000280. The van der Waals surface area contributed by atoms with Crippen molar-refractivity contribution in [2.45, 2.75) is 25.9 Å². The van der Waals surface area contributed by atoms with Gasteiger partial charge >= 0.3 is 0 Å². The van der Waals surface area contributed by atoms with Crippen molar-refractivity contribution in [3.8, 4) is 17.1 Å². The van der Waals surface area contributed by atoms with Gasteiger partial charge in [0.2, 0.25) is 0 Å². The summed E-state index contributed by atoms with van der Waals surface area (Å²) in [5.74, 6) is 1.08. The summed E-state index contributed by atoms with van der Waals surface area (Å²) >= 11 is 0. The number of aliphatic hydroxyl groups excluding tert-OH is 1. The first-order valence-corrected chi connectivity index (χ1v) is 9.32. The summed E-state index contributed by atoms with van der Waals surface area (Å²) in [6.07, 6.45) is 1.61. The number of halogens is 1. The molecular formula is C22H26ClNO4. The Hall–Kier alpha value is -2.34. The molecule has 28 heavy (non-hydrogen) atoms. The average molecular weight is 404 g/mol. The molecule has 1 heterocycles. The fraction of sp³-hybridized carbons (Fsp3) is 0.318. The topological polar surface area (TPSA) is 71.7 Å². The van der Waals surface area contributed by atoms with E-state index in [1.165, 1.54) is 6.07 Å². The standard InChI is InChI=1S/C22H25NO4.ClH/c1-2-3-11-23-14-17(24)15-26-18-9-10-19-20(25)13-21(27-22(19)12-18)16-7-5-4-6-8-16;/h4-10,12-13,17,23-24H,2-3,11,14-15H2,1H3;1H. The van der Waals surface area contributed by atoms with Crippen LogP contribution in [0, 0.1) is 0 Å². The van der Waals surface area contributed by atoms with Crippen LogP contribution in [0.4, 0.5) is 0 Å². The van der Waals surface area contributed by atoms with Crippen LogP contribution in [-0.4, -0.2) is 30.9 Å². The number of ether oxygens (including phenoxy) is 1. The molecule has 0 spiro atoms. The Kier molecular flexibility index (Phi) is 8.51. The number of unbranched alkanes of at least 4 members (excludes halogenated alkanes) is 1. The van der Waals surface area contributed by atoms with Crippen LogP contribution in [0.1, 0.15) is 19.8 Å². The van der Waals surface area contributed by atoms with Crippen LogP contribution in [0.2, 0.25) is 0 Å². The van der Waals surface area contributed by atoms with Crippen molar-refractivity contribution in [2.24, 2.45) is 0 Å². The van der Waals surface area contributed by atoms with Crippen molar-refractivity contribution in [1.29, 1.82) is 0 Å². The number of fused-ring (bicyclic) bond motifs is 1. The summed E-state index contributed by atoms with van der Waals surface area (Å²) in [6.45, 7) is 3.67. The Labute approximate surface area is 170 Å². The van der Waals surface area contributed by atoms with Gasteiger partial charge in [0, 0.05) is 24.2 Å². The minimum Gasteiger partial charge on any atom is -0.491 e. The van der Waals surface area contributed by atoms with Crippen LogP contribution in [0.25, 0.3) is 22.3 Å². The molecule has 5 nitrogen and oxygen atoms in total. The lowest BCUT2D eigenvalue weighted by Crippen LogP contribution is -2.31.